The van der Waals surface area contributed by atoms with Gasteiger partial charge in [0.25, 0.3) is 11.8 Å². The third-order valence-corrected chi connectivity index (χ3v) is 4.31. The van der Waals surface area contributed by atoms with Crippen LogP contribution in [-0.2, 0) is 16.1 Å². The molecule has 27 heavy (non-hydrogen) atoms. The number of imide groups is 1. The van der Waals surface area contributed by atoms with E-state index in [1.54, 1.807) is 24.3 Å². The summed E-state index contributed by atoms with van der Waals surface area (Å²) < 4.78 is 45.6. The number of benzene rings is 2. The summed E-state index contributed by atoms with van der Waals surface area (Å²) in [4.78, 5) is 25.7. The molecule has 0 N–H and O–H groups in total. The van der Waals surface area contributed by atoms with Gasteiger partial charge in [-0.05, 0) is 35.4 Å². The van der Waals surface area contributed by atoms with Gasteiger partial charge in [-0.15, -0.1) is 0 Å². The lowest BCUT2D eigenvalue weighted by atomic mass is 10.0. The lowest BCUT2D eigenvalue weighted by molar-refractivity contribution is -0.142. The van der Waals surface area contributed by atoms with E-state index in [4.69, 9.17) is 16.3 Å². The topological polar surface area (TPSA) is 46.6 Å². The molecule has 2 aromatic carbocycles. The van der Waals surface area contributed by atoms with Crippen LogP contribution in [0.15, 0.2) is 54.1 Å². The van der Waals surface area contributed by atoms with Crippen LogP contribution in [0.5, 0.6) is 5.75 Å². The first-order valence-electron chi connectivity index (χ1n) is 7.79. The van der Waals surface area contributed by atoms with Crippen LogP contribution >= 0.6 is 11.6 Å². The molecule has 140 valence electrons. The number of carbonyl (C=O) groups is 2. The summed E-state index contributed by atoms with van der Waals surface area (Å²) >= 11 is 5.76. The zero-order valence-electron chi connectivity index (χ0n) is 14.0. The molecular weight excluding hydrogens is 383 g/mol. The van der Waals surface area contributed by atoms with Crippen LogP contribution in [0.2, 0.25) is 5.02 Å². The van der Waals surface area contributed by atoms with Crippen LogP contribution in [0, 0.1) is 0 Å². The van der Waals surface area contributed by atoms with Crippen LogP contribution in [-0.4, -0.2) is 30.0 Å². The van der Waals surface area contributed by atoms with E-state index in [9.17, 15) is 22.8 Å². The number of alkyl halides is 3. The van der Waals surface area contributed by atoms with Crippen molar-refractivity contribution in [3.8, 4) is 5.75 Å². The molecule has 0 saturated heterocycles. The molecular formula is C19H13ClF3NO3. The molecule has 0 spiro atoms. The van der Waals surface area contributed by atoms with Crippen LogP contribution in [0.4, 0.5) is 13.2 Å². The van der Waals surface area contributed by atoms with E-state index in [-0.39, 0.29) is 12.1 Å². The van der Waals surface area contributed by atoms with Crippen molar-refractivity contribution < 1.29 is 27.5 Å². The summed E-state index contributed by atoms with van der Waals surface area (Å²) in [5.74, 6) is -1.91. The van der Waals surface area contributed by atoms with Crippen molar-refractivity contribution >= 4 is 29.0 Å². The number of hydrogen-bond acceptors (Lipinski definition) is 3. The molecule has 0 aromatic heterocycles. The average molecular weight is 396 g/mol. The maximum absolute atomic E-state index is 13.5. The van der Waals surface area contributed by atoms with Gasteiger partial charge in [0.2, 0.25) is 0 Å². The Kier molecular flexibility index (Phi) is 4.97. The summed E-state index contributed by atoms with van der Waals surface area (Å²) in [6.07, 6.45) is -4.97. The van der Waals surface area contributed by atoms with Crippen LogP contribution < -0.4 is 4.74 Å². The number of halogens is 4. The van der Waals surface area contributed by atoms with E-state index in [0.29, 0.717) is 21.2 Å². The molecule has 0 saturated carbocycles. The van der Waals surface area contributed by atoms with E-state index in [2.05, 4.69) is 0 Å². The molecule has 3 rings (SSSR count). The van der Waals surface area contributed by atoms with Gasteiger partial charge in [-0.3, -0.25) is 14.5 Å². The largest absolute Gasteiger partial charge is 0.497 e. The monoisotopic (exact) mass is 395 g/mol. The first-order chi connectivity index (χ1) is 12.7. The van der Waals surface area contributed by atoms with E-state index < -0.39 is 29.1 Å². The molecule has 1 aliphatic heterocycles. The summed E-state index contributed by atoms with van der Waals surface area (Å²) in [6, 6.07) is 11.7. The number of nitrogens with zero attached hydrogens (tertiary/aromatic N) is 1. The number of amides is 2. The minimum Gasteiger partial charge on any atom is -0.497 e. The summed E-state index contributed by atoms with van der Waals surface area (Å²) in [7, 11) is 1.44. The van der Waals surface area contributed by atoms with Crippen LogP contribution in [0.3, 0.4) is 0 Å². The molecule has 1 heterocycles. The van der Waals surface area contributed by atoms with Crippen molar-refractivity contribution in [2.45, 2.75) is 12.7 Å². The van der Waals surface area contributed by atoms with E-state index in [1.807, 2.05) is 0 Å². The number of ether oxygens (including phenoxy) is 1. The van der Waals surface area contributed by atoms with Crippen molar-refractivity contribution in [1.29, 1.82) is 0 Å². The molecule has 0 fully saturated rings. The minimum atomic E-state index is -4.97. The third kappa shape index (κ3) is 3.68. The zero-order chi connectivity index (χ0) is 19.8. The lowest BCUT2D eigenvalue weighted by Crippen LogP contribution is -2.33. The Morgan fingerprint density at radius 2 is 1.70 bits per heavy atom. The Balaban J connectivity index is 2.02. The van der Waals surface area contributed by atoms with Crippen molar-refractivity contribution in [2.75, 3.05) is 7.11 Å². The van der Waals surface area contributed by atoms with E-state index >= 15 is 0 Å². The minimum absolute atomic E-state index is 0.0155. The Bertz CT molecular complexity index is 936. The summed E-state index contributed by atoms with van der Waals surface area (Å²) in [6.45, 7) is -0.300. The van der Waals surface area contributed by atoms with Gasteiger partial charge >= 0.3 is 6.18 Å². The van der Waals surface area contributed by atoms with Crippen molar-refractivity contribution in [2.24, 2.45) is 0 Å². The van der Waals surface area contributed by atoms with Gasteiger partial charge in [0, 0.05) is 5.02 Å². The second-order valence-electron chi connectivity index (χ2n) is 5.80. The summed E-state index contributed by atoms with van der Waals surface area (Å²) in [5.41, 5.74) is -1.70. The van der Waals surface area contributed by atoms with E-state index in [0.717, 1.165) is 0 Å². The molecule has 0 atom stereocenters. The first kappa shape index (κ1) is 19.0. The highest BCUT2D eigenvalue weighted by molar-refractivity contribution is 6.36. The summed E-state index contributed by atoms with van der Waals surface area (Å²) in [5, 5.41) is 0.304. The molecule has 2 amide bonds. The SMILES string of the molecule is COc1cccc(CN2C(=O)C(c3ccc(Cl)cc3)=C(C(F)(F)F)C2=O)c1. The Labute approximate surface area is 157 Å². The fourth-order valence-corrected chi connectivity index (χ4v) is 2.95. The van der Waals surface area contributed by atoms with Gasteiger partial charge in [-0.2, -0.15) is 13.2 Å². The number of rotatable bonds is 4. The first-order valence-corrected chi connectivity index (χ1v) is 8.16. The smallest absolute Gasteiger partial charge is 0.422 e. The fourth-order valence-electron chi connectivity index (χ4n) is 2.82. The lowest BCUT2D eigenvalue weighted by Gasteiger charge is -2.16. The van der Waals surface area contributed by atoms with Gasteiger partial charge < -0.3 is 4.74 Å². The molecule has 2 aromatic rings. The van der Waals surface area contributed by atoms with Crippen molar-refractivity contribution in [3.63, 3.8) is 0 Å². The Hall–Kier alpha value is -2.80. The van der Waals surface area contributed by atoms with Gasteiger partial charge in [-0.25, -0.2) is 0 Å². The fraction of sp³-hybridized carbons (Fsp3) is 0.158. The highest BCUT2D eigenvalue weighted by atomic mass is 35.5. The molecule has 0 bridgehead atoms. The van der Waals surface area contributed by atoms with Gasteiger partial charge in [0.15, 0.2) is 0 Å². The predicted octanol–water partition coefficient (Wildman–Crippen LogP) is 4.23. The zero-order valence-corrected chi connectivity index (χ0v) is 14.8. The van der Waals surface area contributed by atoms with Gasteiger partial charge in [0.05, 0.1) is 19.2 Å². The predicted molar refractivity (Wildman–Crippen MR) is 93.0 cm³/mol. The van der Waals surface area contributed by atoms with Crippen molar-refractivity contribution in [1.82, 2.24) is 4.90 Å². The maximum Gasteiger partial charge on any atom is 0.422 e. The average Bonchev–Trinajstić information content (AvgIpc) is 2.87. The second-order valence-corrected chi connectivity index (χ2v) is 6.24. The number of carbonyl (C=O) groups excluding carboxylic acids is 2. The molecule has 0 unspecified atom stereocenters. The molecule has 4 nitrogen and oxygen atoms in total. The standard InChI is InChI=1S/C19H13ClF3NO3/c1-27-14-4-2-3-11(9-14)10-24-17(25)15(12-5-7-13(20)8-6-12)16(18(24)26)19(21,22)23/h2-9H,10H2,1H3. The quantitative estimate of drug-likeness (QED) is 0.728. The highest BCUT2D eigenvalue weighted by Gasteiger charge is 2.51. The molecule has 0 radical (unpaired) electrons. The Morgan fingerprint density at radius 3 is 2.30 bits per heavy atom. The van der Waals surface area contributed by atoms with Crippen LogP contribution in [0.1, 0.15) is 11.1 Å². The molecule has 1 aliphatic rings. The second kappa shape index (κ2) is 7.08. The highest BCUT2D eigenvalue weighted by Crippen LogP contribution is 2.40. The van der Waals surface area contributed by atoms with Crippen LogP contribution in [0.25, 0.3) is 5.57 Å². The van der Waals surface area contributed by atoms with Gasteiger partial charge in [0.1, 0.15) is 11.3 Å². The Morgan fingerprint density at radius 1 is 1.04 bits per heavy atom. The van der Waals surface area contributed by atoms with Gasteiger partial charge in [-0.1, -0.05) is 35.9 Å². The number of methoxy groups -OCH3 is 1. The molecule has 0 aliphatic carbocycles. The van der Waals surface area contributed by atoms with E-state index in [1.165, 1.54) is 31.4 Å². The third-order valence-electron chi connectivity index (χ3n) is 4.06. The molecule has 8 heteroatoms. The number of hydrogen-bond donors (Lipinski definition) is 0. The maximum atomic E-state index is 13.5. The normalized spacial score (nSPS) is 14.9. The van der Waals surface area contributed by atoms with Crippen molar-refractivity contribution in [3.05, 3.63) is 70.3 Å².